The topological polar surface area (TPSA) is 42.4 Å². The molecule has 0 saturated carbocycles. The molecule has 1 aromatic heterocycles. The maximum Gasteiger partial charge on any atom is 0.216 e. The lowest BCUT2D eigenvalue weighted by molar-refractivity contribution is 0.167. The van der Waals surface area contributed by atoms with Crippen molar-refractivity contribution >= 4 is 0 Å². The van der Waals surface area contributed by atoms with Crippen LogP contribution in [0.25, 0.3) is 0 Å². The van der Waals surface area contributed by atoms with E-state index in [1.165, 1.54) is 0 Å². The van der Waals surface area contributed by atoms with Crippen molar-refractivity contribution in [3.8, 4) is 5.88 Å². The second kappa shape index (κ2) is 6.17. The van der Waals surface area contributed by atoms with E-state index in [4.69, 9.17) is 4.74 Å². The van der Waals surface area contributed by atoms with Crippen molar-refractivity contribution in [1.29, 1.82) is 0 Å². The first-order valence-electron chi connectivity index (χ1n) is 6.02. The van der Waals surface area contributed by atoms with Crippen molar-refractivity contribution in [3.63, 3.8) is 0 Å². The molecule has 0 fully saturated rings. The van der Waals surface area contributed by atoms with Gasteiger partial charge >= 0.3 is 0 Å². The lowest BCUT2D eigenvalue weighted by Gasteiger charge is -2.12. The second-order valence-electron chi connectivity index (χ2n) is 4.14. The molecular formula is C15H17NO2. The summed E-state index contributed by atoms with van der Waals surface area (Å²) >= 11 is 0. The molecule has 0 radical (unpaired) electrons. The highest BCUT2D eigenvalue weighted by atomic mass is 16.5. The molecule has 0 saturated heterocycles. The van der Waals surface area contributed by atoms with Crippen LogP contribution in [0.1, 0.15) is 23.7 Å². The van der Waals surface area contributed by atoms with Crippen molar-refractivity contribution in [3.05, 3.63) is 59.8 Å². The zero-order chi connectivity index (χ0) is 12.8. The van der Waals surface area contributed by atoms with Crippen LogP contribution in [0.15, 0.2) is 48.7 Å². The molecule has 3 heteroatoms. The number of hydrogen-bond donors (Lipinski definition) is 1. The van der Waals surface area contributed by atoms with Gasteiger partial charge in [0, 0.05) is 11.8 Å². The summed E-state index contributed by atoms with van der Waals surface area (Å²) in [5, 5.41) is 10.1. The molecule has 2 rings (SSSR count). The Labute approximate surface area is 107 Å². The number of rotatable bonds is 5. The van der Waals surface area contributed by atoms with Gasteiger partial charge in [0.1, 0.15) is 0 Å². The Morgan fingerprint density at radius 1 is 1.17 bits per heavy atom. The first-order valence-corrected chi connectivity index (χ1v) is 6.02. The smallest absolute Gasteiger partial charge is 0.216 e. The minimum absolute atomic E-state index is 0.448. The molecule has 0 aliphatic carbocycles. The largest absolute Gasteiger partial charge is 0.481 e. The predicted molar refractivity (Wildman–Crippen MR) is 70.5 cm³/mol. The van der Waals surface area contributed by atoms with Crippen LogP contribution in [0, 0.1) is 0 Å². The zero-order valence-electron chi connectivity index (χ0n) is 10.4. The van der Waals surface area contributed by atoms with Gasteiger partial charge < -0.3 is 9.84 Å². The standard InChI is InChI=1S/C15H17NO2/c1-18-15-13(8-5-11-16-15)9-10-14(17)12-6-3-2-4-7-12/h2-8,11,14,17H,9-10H2,1H3. The number of nitrogens with zero attached hydrogens (tertiary/aromatic N) is 1. The number of hydrogen-bond acceptors (Lipinski definition) is 3. The minimum atomic E-state index is -0.448. The number of aliphatic hydroxyl groups excluding tert-OH is 1. The first kappa shape index (κ1) is 12.6. The molecule has 0 aliphatic rings. The highest BCUT2D eigenvalue weighted by Gasteiger charge is 2.09. The Bertz CT molecular complexity index is 485. The van der Waals surface area contributed by atoms with E-state index in [1.54, 1.807) is 13.3 Å². The maximum absolute atomic E-state index is 10.1. The Balaban J connectivity index is 1.99. The number of aryl methyl sites for hydroxylation is 1. The molecule has 18 heavy (non-hydrogen) atoms. The van der Waals surface area contributed by atoms with Crippen molar-refractivity contribution < 1.29 is 9.84 Å². The number of aromatic nitrogens is 1. The van der Waals surface area contributed by atoms with Gasteiger partial charge in [0.05, 0.1) is 13.2 Å². The SMILES string of the molecule is COc1ncccc1CCC(O)c1ccccc1. The average molecular weight is 243 g/mol. The van der Waals surface area contributed by atoms with E-state index in [0.717, 1.165) is 17.5 Å². The molecule has 1 atom stereocenters. The summed E-state index contributed by atoms with van der Waals surface area (Å²) in [5.74, 6) is 0.637. The highest BCUT2D eigenvalue weighted by molar-refractivity contribution is 5.26. The van der Waals surface area contributed by atoms with Crippen LogP contribution in [0.4, 0.5) is 0 Å². The third-order valence-corrected chi connectivity index (χ3v) is 2.91. The molecule has 94 valence electrons. The van der Waals surface area contributed by atoms with Crippen LogP contribution < -0.4 is 4.74 Å². The molecule has 0 spiro atoms. The third-order valence-electron chi connectivity index (χ3n) is 2.91. The van der Waals surface area contributed by atoms with Gasteiger partial charge in [-0.1, -0.05) is 36.4 Å². The minimum Gasteiger partial charge on any atom is -0.481 e. The lowest BCUT2D eigenvalue weighted by Crippen LogP contribution is -2.01. The second-order valence-corrected chi connectivity index (χ2v) is 4.14. The fraction of sp³-hybridized carbons (Fsp3) is 0.267. The van der Waals surface area contributed by atoms with Crippen molar-refractivity contribution in [1.82, 2.24) is 4.98 Å². The average Bonchev–Trinajstić information content (AvgIpc) is 2.46. The number of benzene rings is 1. The molecular weight excluding hydrogens is 226 g/mol. The van der Waals surface area contributed by atoms with Gasteiger partial charge in [0.25, 0.3) is 0 Å². The van der Waals surface area contributed by atoms with Crippen LogP contribution in [0.3, 0.4) is 0 Å². The van der Waals surface area contributed by atoms with Crippen LogP contribution in [0.5, 0.6) is 5.88 Å². The number of aliphatic hydroxyl groups is 1. The highest BCUT2D eigenvalue weighted by Crippen LogP contribution is 2.22. The third kappa shape index (κ3) is 3.08. The fourth-order valence-corrected chi connectivity index (χ4v) is 1.93. The van der Waals surface area contributed by atoms with E-state index >= 15 is 0 Å². The van der Waals surface area contributed by atoms with E-state index in [0.29, 0.717) is 12.3 Å². The molecule has 0 bridgehead atoms. The monoisotopic (exact) mass is 243 g/mol. The molecule has 1 aromatic carbocycles. The predicted octanol–water partition coefficient (Wildman–Crippen LogP) is 2.76. The lowest BCUT2D eigenvalue weighted by atomic mass is 10.0. The molecule has 0 aliphatic heterocycles. The quantitative estimate of drug-likeness (QED) is 0.878. The van der Waals surface area contributed by atoms with Gasteiger partial charge in [0.2, 0.25) is 5.88 Å². The van der Waals surface area contributed by atoms with E-state index in [9.17, 15) is 5.11 Å². The van der Waals surface area contributed by atoms with Crippen molar-refractivity contribution in [2.24, 2.45) is 0 Å². The fourth-order valence-electron chi connectivity index (χ4n) is 1.93. The van der Waals surface area contributed by atoms with Gasteiger partial charge in [-0.3, -0.25) is 0 Å². The normalized spacial score (nSPS) is 12.1. The summed E-state index contributed by atoms with van der Waals surface area (Å²) in [6, 6.07) is 13.5. The van der Waals surface area contributed by atoms with E-state index in [1.807, 2.05) is 42.5 Å². The van der Waals surface area contributed by atoms with E-state index < -0.39 is 6.10 Å². The number of methoxy groups -OCH3 is 1. The van der Waals surface area contributed by atoms with Gasteiger partial charge in [-0.05, 0) is 24.5 Å². The van der Waals surface area contributed by atoms with Gasteiger partial charge in [-0.15, -0.1) is 0 Å². The molecule has 1 unspecified atom stereocenters. The first-order chi connectivity index (χ1) is 8.81. The van der Waals surface area contributed by atoms with Crippen molar-refractivity contribution in [2.75, 3.05) is 7.11 Å². The van der Waals surface area contributed by atoms with E-state index in [-0.39, 0.29) is 0 Å². The van der Waals surface area contributed by atoms with Crippen LogP contribution in [-0.2, 0) is 6.42 Å². The maximum atomic E-state index is 10.1. The Morgan fingerprint density at radius 3 is 2.67 bits per heavy atom. The number of ether oxygens (including phenoxy) is 1. The zero-order valence-corrected chi connectivity index (χ0v) is 10.4. The summed E-state index contributed by atoms with van der Waals surface area (Å²) in [5.41, 5.74) is 1.97. The van der Waals surface area contributed by atoms with Crippen LogP contribution in [0.2, 0.25) is 0 Å². The Hall–Kier alpha value is -1.87. The molecule has 3 nitrogen and oxygen atoms in total. The number of pyridine rings is 1. The van der Waals surface area contributed by atoms with Crippen LogP contribution in [-0.4, -0.2) is 17.2 Å². The molecule has 1 heterocycles. The Morgan fingerprint density at radius 2 is 1.94 bits per heavy atom. The Kier molecular flexibility index (Phi) is 4.31. The molecule has 2 aromatic rings. The summed E-state index contributed by atoms with van der Waals surface area (Å²) in [7, 11) is 1.61. The molecule has 1 N–H and O–H groups in total. The summed E-state index contributed by atoms with van der Waals surface area (Å²) in [6.45, 7) is 0. The van der Waals surface area contributed by atoms with Gasteiger partial charge in [0.15, 0.2) is 0 Å². The van der Waals surface area contributed by atoms with Crippen LogP contribution >= 0.6 is 0 Å². The van der Waals surface area contributed by atoms with Gasteiger partial charge in [-0.25, -0.2) is 4.98 Å². The summed E-state index contributed by atoms with van der Waals surface area (Å²) in [6.07, 6.45) is 2.66. The molecule has 0 amide bonds. The van der Waals surface area contributed by atoms with Crippen molar-refractivity contribution in [2.45, 2.75) is 18.9 Å². The summed E-state index contributed by atoms with van der Waals surface area (Å²) < 4.78 is 5.19. The van der Waals surface area contributed by atoms with E-state index in [2.05, 4.69) is 4.98 Å². The summed E-state index contributed by atoms with van der Waals surface area (Å²) in [4.78, 5) is 4.14. The van der Waals surface area contributed by atoms with Gasteiger partial charge in [-0.2, -0.15) is 0 Å².